The number of hydrogen-bond acceptors (Lipinski definition) is 5. The normalized spacial score (nSPS) is 15.5. The van der Waals surface area contributed by atoms with Crippen molar-refractivity contribution >= 4 is 17.7 Å². The third-order valence-corrected chi connectivity index (χ3v) is 6.42. The summed E-state index contributed by atoms with van der Waals surface area (Å²) < 4.78 is 16.5. The predicted molar refractivity (Wildman–Crippen MR) is 123 cm³/mol. The number of carbonyl (C=O) groups excluding carboxylic acids is 1. The van der Waals surface area contributed by atoms with E-state index in [2.05, 4.69) is 0 Å². The van der Waals surface area contributed by atoms with Crippen LogP contribution in [0.1, 0.15) is 26.9 Å². The summed E-state index contributed by atoms with van der Waals surface area (Å²) in [4.78, 5) is 15.2. The molecule has 0 aromatic heterocycles. The molecule has 0 radical (unpaired) electrons. The van der Waals surface area contributed by atoms with E-state index < -0.39 is 0 Å². The fourth-order valence-electron chi connectivity index (χ4n) is 3.52. The first-order valence-corrected chi connectivity index (χ1v) is 11.1. The van der Waals surface area contributed by atoms with Gasteiger partial charge in [-0.05, 0) is 35.4 Å². The van der Waals surface area contributed by atoms with Crippen LogP contribution in [0.25, 0.3) is 0 Å². The minimum absolute atomic E-state index is 0.0309. The number of carbonyl (C=O) groups is 1. The first kappa shape index (κ1) is 21.1. The molecule has 1 heterocycles. The monoisotopic (exact) mass is 435 g/mol. The largest absolute Gasteiger partial charge is 0.497 e. The Balaban J connectivity index is 1.47. The van der Waals surface area contributed by atoms with Gasteiger partial charge in [0, 0.05) is 23.9 Å². The molecule has 0 aliphatic carbocycles. The van der Waals surface area contributed by atoms with E-state index in [0.29, 0.717) is 30.2 Å². The van der Waals surface area contributed by atoms with E-state index in [4.69, 9.17) is 14.2 Å². The molecule has 1 amide bonds. The summed E-state index contributed by atoms with van der Waals surface area (Å²) in [7, 11) is 3.16. The van der Waals surface area contributed by atoms with Gasteiger partial charge in [0.2, 0.25) is 0 Å². The molecule has 31 heavy (non-hydrogen) atoms. The Hall–Kier alpha value is -3.12. The van der Waals surface area contributed by atoms with Gasteiger partial charge in [0.1, 0.15) is 29.2 Å². The zero-order chi connectivity index (χ0) is 21.6. The SMILES string of the molecule is COc1cc(OC)cc(C(=O)N2CCS[C@H]2c2ccc(OCc3ccccc3)cc2)c1. The van der Waals surface area contributed by atoms with E-state index >= 15 is 0 Å². The summed E-state index contributed by atoms with van der Waals surface area (Å²) in [5.41, 5.74) is 2.77. The van der Waals surface area contributed by atoms with Gasteiger partial charge in [-0.25, -0.2) is 0 Å². The molecule has 6 heteroatoms. The Bertz CT molecular complexity index is 1000. The van der Waals surface area contributed by atoms with Gasteiger partial charge in [0.15, 0.2) is 0 Å². The molecule has 5 nitrogen and oxygen atoms in total. The molecule has 1 aliphatic heterocycles. The lowest BCUT2D eigenvalue weighted by molar-refractivity contribution is 0.0759. The average molecular weight is 436 g/mol. The Kier molecular flexibility index (Phi) is 6.67. The zero-order valence-corrected chi connectivity index (χ0v) is 18.4. The third-order valence-electron chi connectivity index (χ3n) is 5.16. The second kappa shape index (κ2) is 9.79. The van der Waals surface area contributed by atoms with Gasteiger partial charge in [0.25, 0.3) is 5.91 Å². The van der Waals surface area contributed by atoms with Crippen LogP contribution in [0.3, 0.4) is 0 Å². The van der Waals surface area contributed by atoms with Gasteiger partial charge >= 0.3 is 0 Å². The predicted octanol–water partition coefficient (Wildman–Crippen LogP) is 5.17. The molecule has 3 aromatic carbocycles. The number of rotatable bonds is 7. The molecule has 1 saturated heterocycles. The topological polar surface area (TPSA) is 48.0 Å². The average Bonchev–Trinajstić information content (AvgIpc) is 3.32. The van der Waals surface area contributed by atoms with Crippen molar-refractivity contribution in [3.63, 3.8) is 0 Å². The van der Waals surface area contributed by atoms with Gasteiger partial charge in [-0.2, -0.15) is 0 Å². The standard InChI is InChI=1S/C25H25NO4S/c1-28-22-14-20(15-23(16-22)29-2)24(27)26-12-13-31-25(26)19-8-10-21(11-9-19)30-17-18-6-4-3-5-7-18/h3-11,14-16,25H,12-13,17H2,1-2H3/t25-/m0/s1. The highest BCUT2D eigenvalue weighted by Gasteiger charge is 2.31. The summed E-state index contributed by atoms with van der Waals surface area (Å²) in [6, 6.07) is 23.4. The van der Waals surface area contributed by atoms with Crippen molar-refractivity contribution in [1.29, 1.82) is 0 Å². The molecule has 3 aromatic rings. The Labute approximate surface area is 186 Å². The minimum Gasteiger partial charge on any atom is -0.497 e. The van der Waals surface area contributed by atoms with Crippen LogP contribution < -0.4 is 14.2 Å². The quantitative estimate of drug-likeness (QED) is 0.512. The summed E-state index contributed by atoms with van der Waals surface area (Å²) >= 11 is 1.76. The number of thioether (sulfide) groups is 1. The van der Waals surface area contributed by atoms with Crippen molar-refractivity contribution in [3.8, 4) is 17.2 Å². The third kappa shape index (κ3) is 4.97. The van der Waals surface area contributed by atoms with Crippen LogP contribution in [0.5, 0.6) is 17.2 Å². The van der Waals surface area contributed by atoms with E-state index in [1.54, 1.807) is 44.2 Å². The molecule has 0 N–H and O–H groups in total. The molecular weight excluding hydrogens is 410 g/mol. The van der Waals surface area contributed by atoms with Crippen LogP contribution in [-0.4, -0.2) is 37.3 Å². The second-order valence-electron chi connectivity index (χ2n) is 7.17. The molecule has 0 bridgehead atoms. The molecule has 1 atom stereocenters. The van der Waals surface area contributed by atoms with Crippen molar-refractivity contribution in [1.82, 2.24) is 4.90 Å². The second-order valence-corrected chi connectivity index (χ2v) is 8.35. The first-order chi connectivity index (χ1) is 15.2. The highest BCUT2D eigenvalue weighted by atomic mass is 32.2. The molecular formula is C25H25NO4S. The smallest absolute Gasteiger partial charge is 0.255 e. The number of hydrogen-bond donors (Lipinski definition) is 0. The molecule has 0 unspecified atom stereocenters. The van der Waals surface area contributed by atoms with E-state index in [1.165, 1.54) is 0 Å². The number of amides is 1. The van der Waals surface area contributed by atoms with Crippen molar-refractivity contribution in [2.75, 3.05) is 26.5 Å². The number of ether oxygens (including phenoxy) is 3. The fraction of sp³-hybridized carbons (Fsp3) is 0.240. The lowest BCUT2D eigenvalue weighted by Crippen LogP contribution is -2.30. The zero-order valence-electron chi connectivity index (χ0n) is 17.6. The van der Waals surface area contributed by atoms with E-state index in [1.807, 2.05) is 59.5 Å². The molecule has 160 valence electrons. The highest BCUT2D eigenvalue weighted by Crippen LogP contribution is 2.39. The maximum Gasteiger partial charge on any atom is 0.255 e. The molecule has 4 rings (SSSR count). The lowest BCUT2D eigenvalue weighted by Gasteiger charge is -2.25. The number of benzene rings is 3. The molecule has 0 spiro atoms. The first-order valence-electron chi connectivity index (χ1n) is 10.1. The summed E-state index contributed by atoms with van der Waals surface area (Å²) in [6.07, 6.45) is 0. The van der Waals surface area contributed by atoms with Crippen LogP contribution in [0.4, 0.5) is 0 Å². The van der Waals surface area contributed by atoms with Crippen LogP contribution in [0, 0.1) is 0 Å². The Morgan fingerprint density at radius 1 is 0.935 bits per heavy atom. The molecule has 1 fully saturated rings. The van der Waals surface area contributed by atoms with E-state index in [0.717, 1.165) is 22.6 Å². The highest BCUT2D eigenvalue weighted by molar-refractivity contribution is 7.99. The van der Waals surface area contributed by atoms with E-state index in [9.17, 15) is 4.79 Å². The van der Waals surface area contributed by atoms with Crippen LogP contribution in [-0.2, 0) is 6.61 Å². The Morgan fingerprint density at radius 3 is 2.26 bits per heavy atom. The van der Waals surface area contributed by atoms with Crippen molar-refractivity contribution in [2.24, 2.45) is 0 Å². The number of methoxy groups -OCH3 is 2. The van der Waals surface area contributed by atoms with Gasteiger partial charge < -0.3 is 19.1 Å². The number of nitrogens with zero attached hydrogens (tertiary/aromatic N) is 1. The fourth-order valence-corrected chi connectivity index (χ4v) is 4.78. The van der Waals surface area contributed by atoms with Crippen LogP contribution in [0.2, 0.25) is 0 Å². The summed E-state index contributed by atoms with van der Waals surface area (Å²) in [6.45, 7) is 1.22. The Morgan fingerprint density at radius 2 is 1.61 bits per heavy atom. The maximum absolute atomic E-state index is 13.3. The van der Waals surface area contributed by atoms with Gasteiger partial charge in [-0.1, -0.05) is 42.5 Å². The van der Waals surface area contributed by atoms with Crippen LogP contribution >= 0.6 is 11.8 Å². The minimum atomic E-state index is -0.0344. The lowest BCUT2D eigenvalue weighted by atomic mass is 10.1. The van der Waals surface area contributed by atoms with Gasteiger partial charge in [-0.3, -0.25) is 4.79 Å². The van der Waals surface area contributed by atoms with Crippen molar-refractivity contribution in [3.05, 3.63) is 89.5 Å². The van der Waals surface area contributed by atoms with Crippen LogP contribution in [0.15, 0.2) is 72.8 Å². The maximum atomic E-state index is 13.3. The van der Waals surface area contributed by atoms with Crippen molar-refractivity contribution < 1.29 is 19.0 Å². The summed E-state index contributed by atoms with van der Waals surface area (Å²) in [5, 5.41) is -0.0344. The van der Waals surface area contributed by atoms with E-state index in [-0.39, 0.29) is 11.3 Å². The van der Waals surface area contributed by atoms with Gasteiger partial charge in [0.05, 0.1) is 14.2 Å². The van der Waals surface area contributed by atoms with Crippen molar-refractivity contribution in [2.45, 2.75) is 12.0 Å². The molecule has 1 aliphatic rings. The summed E-state index contributed by atoms with van der Waals surface area (Å²) in [5.74, 6) is 2.88. The molecule has 0 saturated carbocycles. The van der Waals surface area contributed by atoms with Gasteiger partial charge in [-0.15, -0.1) is 11.8 Å².